The lowest BCUT2D eigenvalue weighted by molar-refractivity contribution is 0.208. The Bertz CT molecular complexity index is 316. The fourth-order valence-corrected chi connectivity index (χ4v) is 2.84. The van der Waals surface area contributed by atoms with Crippen molar-refractivity contribution >= 4 is 0 Å². The van der Waals surface area contributed by atoms with Gasteiger partial charge in [-0.3, -0.25) is 4.90 Å². The van der Waals surface area contributed by atoms with Crippen LogP contribution in [0.15, 0.2) is 4.52 Å². The quantitative estimate of drug-likeness (QED) is 0.714. The molecule has 0 unspecified atom stereocenters. The van der Waals surface area contributed by atoms with Crippen LogP contribution in [0.5, 0.6) is 0 Å². The van der Waals surface area contributed by atoms with Crippen molar-refractivity contribution in [3.05, 3.63) is 11.7 Å². The Morgan fingerprint density at radius 1 is 1.29 bits per heavy atom. The van der Waals surface area contributed by atoms with Crippen molar-refractivity contribution < 1.29 is 4.52 Å². The number of hydrogen-bond donors (Lipinski definition) is 0. The first-order valence-electron chi connectivity index (χ1n) is 5.38. The van der Waals surface area contributed by atoms with Crippen LogP contribution in [0.4, 0.5) is 0 Å². The predicted molar refractivity (Wildman–Crippen MR) is 50.6 cm³/mol. The summed E-state index contributed by atoms with van der Waals surface area (Å²) < 4.78 is 5.15. The average molecular weight is 193 g/mol. The summed E-state index contributed by atoms with van der Waals surface area (Å²) in [6.07, 6.45) is 5.44. The summed E-state index contributed by atoms with van der Waals surface area (Å²) in [5.41, 5.74) is 0. The van der Waals surface area contributed by atoms with E-state index in [9.17, 15) is 0 Å². The molecule has 0 amide bonds. The van der Waals surface area contributed by atoms with Gasteiger partial charge in [0.15, 0.2) is 5.82 Å². The lowest BCUT2D eigenvalue weighted by Gasteiger charge is -2.18. The predicted octanol–water partition coefficient (Wildman–Crippen LogP) is 1.50. The number of nitrogens with zero attached hydrogens (tertiary/aromatic N) is 3. The molecule has 0 aliphatic carbocycles. The maximum Gasteiger partial charge on any atom is 0.240 e. The fourth-order valence-electron chi connectivity index (χ4n) is 2.84. The van der Waals surface area contributed by atoms with E-state index in [1.54, 1.807) is 0 Å². The van der Waals surface area contributed by atoms with E-state index in [0.29, 0.717) is 0 Å². The van der Waals surface area contributed by atoms with Crippen molar-refractivity contribution in [1.82, 2.24) is 15.0 Å². The van der Waals surface area contributed by atoms with E-state index < -0.39 is 0 Å². The fraction of sp³-hybridized carbons (Fsp3) is 0.800. The van der Waals surface area contributed by atoms with E-state index in [0.717, 1.165) is 30.3 Å². The van der Waals surface area contributed by atoms with Gasteiger partial charge in [0.1, 0.15) is 0 Å². The molecule has 2 aliphatic heterocycles. The first kappa shape index (κ1) is 8.41. The van der Waals surface area contributed by atoms with E-state index in [4.69, 9.17) is 4.52 Å². The third kappa shape index (κ3) is 1.25. The molecule has 2 fully saturated rings. The topological polar surface area (TPSA) is 42.2 Å². The molecule has 1 aromatic rings. The lowest BCUT2D eigenvalue weighted by Crippen LogP contribution is -2.27. The Kier molecular flexibility index (Phi) is 1.83. The van der Waals surface area contributed by atoms with Crippen molar-refractivity contribution in [3.63, 3.8) is 0 Å². The zero-order chi connectivity index (χ0) is 9.54. The van der Waals surface area contributed by atoms with E-state index in [1.807, 2.05) is 6.92 Å². The van der Waals surface area contributed by atoms with Crippen LogP contribution in [-0.2, 0) is 6.54 Å². The smallest absolute Gasteiger partial charge is 0.240 e. The lowest BCUT2D eigenvalue weighted by atomic mass is 10.0. The molecular weight excluding hydrogens is 178 g/mol. The van der Waals surface area contributed by atoms with Gasteiger partial charge in [0, 0.05) is 12.1 Å². The molecule has 0 spiro atoms. The zero-order valence-electron chi connectivity index (χ0n) is 8.44. The normalized spacial score (nSPS) is 31.5. The molecule has 3 heterocycles. The van der Waals surface area contributed by atoms with Crippen LogP contribution < -0.4 is 0 Å². The summed E-state index contributed by atoms with van der Waals surface area (Å²) in [5, 5.41) is 3.82. The molecule has 2 aliphatic rings. The summed E-state index contributed by atoms with van der Waals surface area (Å²) in [6, 6.07) is 1.57. The van der Waals surface area contributed by atoms with E-state index in [2.05, 4.69) is 15.0 Å². The Morgan fingerprint density at radius 3 is 2.43 bits per heavy atom. The average Bonchev–Trinajstić information content (AvgIpc) is 2.85. The maximum atomic E-state index is 5.15. The number of hydrogen-bond acceptors (Lipinski definition) is 4. The first-order valence-corrected chi connectivity index (χ1v) is 5.38. The van der Waals surface area contributed by atoms with Crippen LogP contribution in [0, 0.1) is 6.92 Å². The minimum Gasteiger partial charge on any atom is -0.338 e. The number of aromatic nitrogens is 2. The number of rotatable bonds is 2. The summed E-state index contributed by atoms with van der Waals surface area (Å²) >= 11 is 0. The molecule has 3 rings (SSSR count). The van der Waals surface area contributed by atoms with Crippen LogP contribution >= 0.6 is 0 Å². The Labute approximate surface area is 83.3 Å². The molecular formula is C10H15N3O. The van der Waals surface area contributed by atoms with E-state index in [-0.39, 0.29) is 0 Å². The first-order chi connectivity index (χ1) is 6.83. The van der Waals surface area contributed by atoms with Gasteiger partial charge >= 0.3 is 0 Å². The highest BCUT2D eigenvalue weighted by molar-refractivity contribution is 4.96. The second-order valence-electron chi connectivity index (χ2n) is 4.37. The van der Waals surface area contributed by atoms with Gasteiger partial charge in [-0.25, -0.2) is 0 Å². The number of aryl methyl sites for hydroxylation is 1. The van der Waals surface area contributed by atoms with Crippen LogP contribution in [-0.4, -0.2) is 27.1 Å². The van der Waals surface area contributed by atoms with E-state index in [1.165, 1.54) is 25.7 Å². The van der Waals surface area contributed by atoms with Gasteiger partial charge in [-0.15, -0.1) is 0 Å². The minimum absolute atomic E-state index is 0.742. The monoisotopic (exact) mass is 193 g/mol. The van der Waals surface area contributed by atoms with Crippen LogP contribution in [0.3, 0.4) is 0 Å². The summed E-state index contributed by atoms with van der Waals surface area (Å²) in [4.78, 5) is 6.79. The van der Waals surface area contributed by atoms with Gasteiger partial charge in [-0.1, -0.05) is 5.16 Å². The van der Waals surface area contributed by atoms with Crippen molar-refractivity contribution in [2.45, 2.75) is 51.2 Å². The summed E-state index contributed by atoms with van der Waals surface area (Å²) in [5.74, 6) is 1.52. The van der Waals surface area contributed by atoms with Crippen molar-refractivity contribution in [2.24, 2.45) is 0 Å². The molecule has 0 saturated carbocycles. The summed E-state index contributed by atoms with van der Waals surface area (Å²) in [7, 11) is 0. The highest BCUT2D eigenvalue weighted by atomic mass is 16.5. The summed E-state index contributed by atoms with van der Waals surface area (Å²) in [6.45, 7) is 2.72. The SMILES string of the molecule is Cc1noc(CN2C3CCC2CC3)n1. The van der Waals surface area contributed by atoms with Crippen molar-refractivity contribution in [2.75, 3.05) is 0 Å². The highest BCUT2D eigenvalue weighted by Gasteiger charge is 2.39. The Balaban J connectivity index is 1.73. The maximum absolute atomic E-state index is 5.15. The molecule has 0 aromatic carbocycles. The molecule has 0 atom stereocenters. The molecule has 0 radical (unpaired) electrons. The van der Waals surface area contributed by atoms with Crippen molar-refractivity contribution in [1.29, 1.82) is 0 Å². The van der Waals surface area contributed by atoms with Crippen molar-refractivity contribution in [3.8, 4) is 0 Å². The molecule has 2 bridgehead atoms. The van der Waals surface area contributed by atoms with Crippen LogP contribution in [0.2, 0.25) is 0 Å². The van der Waals surface area contributed by atoms with E-state index >= 15 is 0 Å². The zero-order valence-corrected chi connectivity index (χ0v) is 8.44. The Hall–Kier alpha value is -0.900. The highest BCUT2D eigenvalue weighted by Crippen LogP contribution is 2.38. The Morgan fingerprint density at radius 2 is 1.93 bits per heavy atom. The van der Waals surface area contributed by atoms with Gasteiger partial charge in [-0.2, -0.15) is 4.98 Å². The molecule has 76 valence electrons. The van der Waals surface area contributed by atoms with Gasteiger partial charge in [0.2, 0.25) is 5.89 Å². The van der Waals surface area contributed by atoms with Crippen LogP contribution in [0.1, 0.15) is 37.4 Å². The van der Waals surface area contributed by atoms with Gasteiger partial charge in [0.05, 0.1) is 6.54 Å². The van der Waals surface area contributed by atoms with Crippen LogP contribution in [0.25, 0.3) is 0 Å². The third-order valence-corrected chi connectivity index (χ3v) is 3.49. The molecule has 1 aromatic heterocycles. The second kappa shape index (κ2) is 3.05. The molecule has 4 heteroatoms. The minimum atomic E-state index is 0.742. The molecule has 14 heavy (non-hydrogen) atoms. The van der Waals surface area contributed by atoms with Gasteiger partial charge in [0.25, 0.3) is 0 Å². The van der Waals surface area contributed by atoms with Gasteiger partial charge < -0.3 is 4.52 Å². The van der Waals surface area contributed by atoms with Gasteiger partial charge in [-0.05, 0) is 32.6 Å². The third-order valence-electron chi connectivity index (χ3n) is 3.49. The largest absolute Gasteiger partial charge is 0.338 e. The number of fused-ring (bicyclic) bond motifs is 2. The molecule has 0 N–H and O–H groups in total. The second-order valence-corrected chi connectivity index (χ2v) is 4.37. The standard InChI is InChI=1S/C10H15N3O/c1-7-11-10(14-12-7)6-13-8-2-3-9(13)5-4-8/h8-9H,2-6H2,1H3. The molecule has 4 nitrogen and oxygen atoms in total. The molecule has 2 saturated heterocycles.